The van der Waals surface area contributed by atoms with Crippen LogP contribution in [-0.2, 0) is 23.1 Å². The van der Waals surface area contributed by atoms with Crippen LogP contribution in [0, 0.1) is 18.8 Å². The van der Waals surface area contributed by atoms with Gasteiger partial charge >= 0.3 is 0 Å². The lowest BCUT2D eigenvalue weighted by atomic mass is 9.92. The Morgan fingerprint density at radius 2 is 1.47 bits per heavy atom. The molecule has 0 fully saturated rings. The van der Waals surface area contributed by atoms with Gasteiger partial charge in [0.1, 0.15) is 5.75 Å². The van der Waals surface area contributed by atoms with Crippen molar-refractivity contribution >= 4 is 10.0 Å². The maximum Gasteiger partial charge on any atom is 0.243 e. The number of sulfonamides is 1. The Kier molecular flexibility index (Phi) is 5.70. The van der Waals surface area contributed by atoms with Crippen LogP contribution >= 0.6 is 0 Å². The third kappa shape index (κ3) is 4.10. The Hall–Kier alpha value is -3.85. The second kappa shape index (κ2) is 8.83. The fourth-order valence-electron chi connectivity index (χ4n) is 4.23. The average molecular weight is 466 g/mol. The molecule has 168 valence electrons. The molecule has 1 N–H and O–H groups in total. The molecule has 1 aliphatic heterocycles. The van der Waals surface area contributed by atoms with Gasteiger partial charge < -0.3 is 5.11 Å². The van der Waals surface area contributed by atoms with E-state index in [-0.39, 0.29) is 23.7 Å². The summed E-state index contributed by atoms with van der Waals surface area (Å²) < 4.78 is 28.2. The van der Waals surface area contributed by atoms with Crippen molar-refractivity contribution in [3.05, 3.63) is 119 Å². The largest absolute Gasteiger partial charge is 0.507 e. The summed E-state index contributed by atoms with van der Waals surface area (Å²) in [7, 11) is -3.69. The van der Waals surface area contributed by atoms with Crippen LogP contribution in [-0.4, -0.2) is 17.8 Å². The summed E-state index contributed by atoms with van der Waals surface area (Å²) in [6.07, 6.45) is 0. The molecule has 0 amide bonds. The molecule has 0 bridgehead atoms. The fraction of sp³-hybridized carbons (Fsp3) is 0.103. The molecule has 0 radical (unpaired) electrons. The monoisotopic (exact) mass is 465 g/mol. The quantitative estimate of drug-likeness (QED) is 0.408. The Balaban J connectivity index is 1.63. The lowest BCUT2D eigenvalue weighted by Crippen LogP contribution is -2.25. The summed E-state index contributed by atoms with van der Waals surface area (Å²) in [4.78, 5) is 0.260. The van der Waals surface area contributed by atoms with Crippen molar-refractivity contribution in [2.45, 2.75) is 24.9 Å². The molecule has 0 aromatic heterocycles. The number of aryl methyl sites for hydroxylation is 1. The van der Waals surface area contributed by atoms with Gasteiger partial charge in [-0.2, -0.15) is 4.31 Å². The molecule has 34 heavy (non-hydrogen) atoms. The van der Waals surface area contributed by atoms with E-state index in [4.69, 9.17) is 0 Å². The third-order valence-electron chi connectivity index (χ3n) is 6.01. The Morgan fingerprint density at radius 1 is 0.824 bits per heavy atom. The van der Waals surface area contributed by atoms with E-state index in [1.54, 1.807) is 30.3 Å². The number of fused-ring (bicyclic) bond motifs is 1. The zero-order chi connectivity index (χ0) is 23.7. The molecule has 0 saturated carbocycles. The van der Waals surface area contributed by atoms with Crippen molar-refractivity contribution in [1.29, 1.82) is 0 Å². The van der Waals surface area contributed by atoms with Crippen LogP contribution in [0.2, 0.25) is 0 Å². The van der Waals surface area contributed by atoms with Crippen LogP contribution in [0.25, 0.3) is 11.1 Å². The zero-order valence-corrected chi connectivity index (χ0v) is 19.5. The third-order valence-corrected chi connectivity index (χ3v) is 7.82. The SMILES string of the molecule is Cc1ccc(S(=O)(=O)N2Cc3cc(O)c(-c4ccccc4)c(C#Cc4ccccc4)c3C2)cc1. The second-order valence-electron chi connectivity index (χ2n) is 8.35. The van der Waals surface area contributed by atoms with Gasteiger partial charge in [0, 0.05) is 29.8 Å². The highest BCUT2D eigenvalue weighted by Gasteiger charge is 2.33. The molecule has 1 heterocycles. The predicted molar refractivity (Wildman–Crippen MR) is 134 cm³/mol. The van der Waals surface area contributed by atoms with Gasteiger partial charge in [-0.3, -0.25) is 0 Å². The number of phenols is 1. The molecule has 0 unspecified atom stereocenters. The molecule has 5 heteroatoms. The summed E-state index contributed by atoms with van der Waals surface area (Å²) in [6.45, 7) is 2.31. The van der Waals surface area contributed by atoms with Gasteiger partial charge in [-0.15, -0.1) is 0 Å². The normalized spacial score (nSPS) is 13.2. The maximum atomic E-state index is 13.4. The van der Waals surface area contributed by atoms with Gasteiger partial charge in [0.15, 0.2) is 0 Å². The molecule has 0 saturated heterocycles. The highest BCUT2D eigenvalue weighted by Crippen LogP contribution is 2.41. The number of rotatable bonds is 3. The van der Waals surface area contributed by atoms with Gasteiger partial charge in [-0.25, -0.2) is 8.42 Å². The van der Waals surface area contributed by atoms with Crippen molar-refractivity contribution < 1.29 is 13.5 Å². The number of benzene rings is 4. The summed E-state index contributed by atoms with van der Waals surface area (Å²) >= 11 is 0. The van der Waals surface area contributed by atoms with Gasteiger partial charge in [-0.05, 0) is 53.9 Å². The van der Waals surface area contributed by atoms with E-state index in [0.717, 1.165) is 27.8 Å². The Bertz CT molecular complexity index is 1520. The molecule has 0 atom stereocenters. The van der Waals surface area contributed by atoms with E-state index in [0.29, 0.717) is 11.1 Å². The van der Waals surface area contributed by atoms with Gasteiger partial charge in [0.2, 0.25) is 10.0 Å². The molecule has 4 nitrogen and oxygen atoms in total. The molecule has 0 aliphatic carbocycles. The number of hydrogen-bond donors (Lipinski definition) is 1. The zero-order valence-electron chi connectivity index (χ0n) is 18.7. The number of phenolic OH excluding ortho intramolecular Hbond substituents is 1. The summed E-state index contributed by atoms with van der Waals surface area (Å²) in [5.74, 6) is 6.54. The summed E-state index contributed by atoms with van der Waals surface area (Å²) in [5, 5.41) is 11.0. The predicted octanol–water partition coefficient (Wildman–Crippen LogP) is 5.47. The molecule has 4 aromatic rings. The maximum absolute atomic E-state index is 13.4. The minimum absolute atomic E-state index is 0.0943. The summed E-state index contributed by atoms with van der Waals surface area (Å²) in [5.41, 5.74) is 5.56. The van der Waals surface area contributed by atoms with Gasteiger partial charge in [0.25, 0.3) is 0 Å². The van der Waals surface area contributed by atoms with Crippen LogP contribution in [0.3, 0.4) is 0 Å². The van der Waals surface area contributed by atoms with Gasteiger partial charge in [0.05, 0.1) is 4.90 Å². The molecular formula is C29H23NO3S. The first kappa shape index (κ1) is 22.0. The minimum Gasteiger partial charge on any atom is -0.507 e. The smallest absolute Gasteiger partial charge is 0.243 e. The standard InChI is InChI=1S/C29H23NO3S/c1-21-12-15-25(16-13-21)34(32,33)30-19-24-18-28(31)29(23-10-6-3-7-11-23)26(27(24)20-30)17-14-22-8-4-2-5-9-22/h2-13,15-16,18,31H,19-20H2,1H3. The Morgan fingerprint density at radius 3 is 2.15 bits per heavy atom. The van der Waals surface area contributed by atoms with Crippen LogP contribution in [0.4, 0.5) is 0 Å². The van der Waals surface area contributed by atoms with E-state index in [1.165, 1.54) is 4.31 Å². The topological polar surface area (TPSA) is 57.6 Å². The first-order valence-corrected chi connectivity index (χ1v) is 12.4. The second-order valence-corrected chi connectivity index (χ2v) is 10.3. The van der Waals surface area contributed by atoms with E-state index in [9.17, 15) is 13.5 Å². The highest BCUT2D eigenvalue weighted by atomic mass is 32.2. The lowest BCUT2D eigenvalue weighted by molar-refractivity contribution is 0.431. The molecular weight excluding hydrogens is 442 g/mol. The summed E-state index contributed by atoms with van der Waals surface area (Å²) in [6, 6.07) is 27.7. The fourth-order valence-corrected chi connectivity index (χ4v) is 5.61. The van der Waals surface area contributed by atoms with Crippen molar-refractivity contribution in [3.8, 4) is 28.7 Å². The number of hydrogen-bond acceptors (Lipinski definition) is 3. The van der Waals surface area contributed by atoms with Crippen molar-refractivity contribution in [1.82, 2.24) is 4.31 Å². The first-order valence-electron chi connectivity index (χ1n) is 11.0. The van der Waals surface area contributed by atoms with E-state index < -0.39 is 10.0 Å². The molecule has 5 rings (SSSR count). The highest BCUT2D eigenvalue weighted by molar-refractivity contribution is 7.89. The number of nitrogens with zero attached hydrogens (tertiary/aromatic N) is 1. The van der Waals surface area contributed by atoms with E-state index in [2.05, 4.69) is 11.8 Å². The van der Waals surface area contributed by atoms with Crippen molar-refractivity contribution in [2.75, 3.05) is 0 Å². The average Bonchev–Trinajstić information content (AvgIpc) is 3.28. The van der Waals surface area contributed by atoms with Gasteiger partial charge in [-0.1, -0.05) is 78.1 Å². The Labute approximate surface area is 200 Å². The van der Waals surface area contributed by atoms with Crippen LogP contribution < -0.4 is 0 Å². The molecule has 1 aliphatic rings. The van der Waals surface area contributed by atoms with Crippen molar-refractivity contribution in [3.63, 3.8) is 0 Å². The molecule has 0 spiro atoms. The van der Waals surface area contributed by atoms with Crippen LogP contribution in [0.1, 0.15) is 27.8 Å². The molecule has 4 aromatic carbocycles. The van der Waals surface area contributed by atoms with E-state index in [1.807, 2.05) is 67.6 Å². The first-order chi connectivity index (χ1) is 16.4. The number of aromatic hydroxyl groups is 1. The van der Waals surface area contributed by atoms with E-state index >= 15 is 0 Å². The minimum atomic E-state index is -3.69. The van der Waals surface area contributed by atoms with Crippen LogP contribution in [0.15, 0.2) is 95.9 Å². The van der Waals surface area contributed by atoms with Crippen LogP contribution in [0.5, 0.6) is 5.75 Å². The van der Waals surface area contributed by atoms with Crippen molar-refractivity contribution in [2.24, 2.45) is 0 Å². The lowest BCUT2D eigenvalue weighted by Gasteiger charge is -2.16.